The van der Waals surface area contributed by atoms with Crippen LogP contribution in [0.4, 0.5) is 4.39 Å². The highest BCUT2D eigenvalue weighted by molar-refractivity contribution is 9.10. The lowest BCUT2D eigenvalue weighted by molar-refractivity contribution is 0.451. The molecule has 1 aliphatic rings. The first-order valence-electron chi connectivity index (χ1n) is 5.75. The van der Waals surface area contributed by atoms with Gasteiger partial charge in [-0.2, -0.15) is 0 Å². The Morgan fingerprint density at radius 1 is 1.38 bits per heavy atom. The molecule has 0 radical (unpaired) electrons. The summed E-state index contributed by atoms with van der Waals surface area (Å²) in [5, 5.41) is 0. The van der Waals surface area contributed by atoms with Crippen LogP contribution in [0.5, 0.6) is 0 Å². The highest BCUT2D eigenvalue weighted by Crippen LogP contribution is 2.41. The van der Waals surface area contributed by atoms with Gasteiger partial charge in [-0.15, -0.1) is 0 Å². The van der Waals surface area contributed by atoms with E-state index in [4.69, 9.17) is 5.73 Å². The van der Waals surface area contributed by atoms with Crippen molar-refractivity contribution in [3.05, 3.63) is 33.5 Å². The minimum Gasteiger partial charge on any atom is -0.330 e. The average molecular weight is 286 g/mol. The Bertz CT molecular complexity index is 374. The molecule has 0 heterocycles. The van der Waals surface area contributed by atoms with Gasteiger partial charge in [0.05, 0.1) is 4.47 Å². The molecule has 1 aromatic carbocycles. The Balaban J connectivity index is 2.47. The fourth-order valence-electron chi connectivity index (χ4n) is 2.70. The summed E-state index contributed by atoms with van der Waals surface area (Å²) >= 11 is 3.28. The Morgan fingerprint density at radius 3 is 2.50 bits per heavy atom. The molecule has 1 nitrogen and oxygen atoms in total. The first-order valence-corrected chi connectivity index (χ1v) is 6.54. The van der Waals surface area contributed by atoms with E-state index < -0.39 is 0 Å². The smallest absolute Gasteiger partial charge is 0.140 e. The van der Waals surface area contributed by atoms with Gasteiger partial charge < -0.3 is 5.73 Å². The van der Waals surface area contributed by atoms with Gasteiger partial charge in [0.25, 0.3) is 0 Å². The van der Waals surface area contributed by atoms with Crippen molar-refractivity contribution in [1.82, 2.24) is 0 Å². The summed E-state index contributed by atoms with van der Waals surface area (Å²) in [4.78, 5) is 0. The Kier molecular flexibility index (Phi) is 3.36. The average Bonchev–Trinajstić information content (AvgIpc) is 2.75. The zero-order chi connectivity index (χ0) is 11.8. The molecule has 1 fully saturated rings. The van der Waals surface area contributed by atoms with Gasteiger partial charge >= 0.3 is 0 Å². The largest absolute Gasteiger partial charge is 0.330 e. The third-order valence-corrected chi connectivity index (χ3v) is 4.35. The maximum Gasteiger partial charge on any atom is 0.140 e. The molecule has 2 N–H and O–H groups in total. The van der Waals surface area contributed by atoms with E-state index in [1.165, 1.54) is 18.4 Å². The Labute approximate surface area is 104 Å². The van der Waals surface area contributed by atoms with Crippen LogP contribution in [0.15, 0.2) is 16.6 Å². The summed E-state index contributed by atoms with van der Waals surface area (Å²) in [5.74, 6) is -0.158. The molecule has 1 aromatic rings. The zero-order valence-electron chi connectivity index (χ0n) is 9.52. The van der Waals surface area contributed by atoms with Gasteiger partial charge in [-0.05, 0) is 52.9 Å². The molecule has 1 saturated carbocycles. The van der Waals surface area contributed by atoms with Crippen LogP contribution in [0.3, 0.4) is 0 Å². The number of rotatable bonds is 2. The van der Waals surface area contributed by atoms with Crippen molar-refractivity contribution in [2.24, 2.45) is 5.73 Å². The first-order chi connectivity index (χ1) is 7.59. The summed E-state index contributed by atoms with van der Waals surface area (Å²) < 4.78 is 14.1. The number of hydrogen-bond acceptors (Lipinski definition) is 1. The van der Waals surface area contributed by atoms with Crippen molar-refractivity contribution in [2.45, 2.75) is 38.0 Å². The lowest BCUT2D eigenvalue weighted by Gasteiger charge is -2.28. The number of hydrogen-bond donors (Lipinski definition) is 1. The summed E-state index contributed by atoms with van der Waals surface area (Å²) in [7, 11) is 0. The predicted molar refractivity (Wildman–Crippen MR) is 68.0 cm³/mol. The molecule has 0 atom stereocenters. The van der Waals surface area contributed by atoms with Gasteiger partial charge in [-0.25, -0.2) is 4.39 Å². The molecule has 0 unspecified atom stereocenters. The normalized spacial score (nSPS) is 19.0. The fourth-order valence-corrected chi connectivity index (χ4v) is 3.25. The zero-order valence-corrected chi connectivity index (χ0v) is 11.1. The quantitative estimate of drug-likeness (QED) is 0.882. The van der Waals surface area contributed by atoms with E-state index in [-0.39, 0.29) is 11.2 Å². The number of nitrogens with two attached hydrogens (primary N) is 1. The van der Waals surface area contributed by atoms with Crippen LogP contribution in [-0.4, -0.2) is 6.54 Å². The highest BCUT2D eigenvalue weighted by Gasteiger charge is 2.34. The Morgan fingerprint density at radius 2 is 2.00 bits per heavy atom. The van der Waals surface area contributed by atoms with Crippen molar-refractivity contribution >= 4 is 15.9 Å². The second-order valence-corrected chi connectivity index (χ2v) is 5.63. The third kappa shape index (κ3) is 1.91. The molecular weight excluding hydrogens is 269 g/mol. The van der Waals surface area contributed by atoms with Gasteiger partial charge in [0.2, 0.25) is 0 Å². The van der Waals surface area contributed by atoms with Crippen molar-refractivity contribution < 1.29 is 4.39 Å². The van der Waals surface area contributed by atoms with Crippen LogP contribution in [0.25, 0.3) is 0 Å². The number of aryl methyl sites for hydroxylation is 1. The molecule has 0 aliphatic heterocycles. The Hall–Kier alpha value is -0.410. The van der Waals surface area contributed by atoms with Gasteiger partial charge in [0.1, 0.15) is 5.82 Å². The van der Waals surface area contributed by atoms with Gasteiger partial charge in [0.15, 0.2) is 0 Å². The van der Waals surface area contributed by atoms with E-state index in [2.05, 4.69) is 15.9 Å². The van der Waals surface area contributed by atoms with E-state index in [1.807, 2.05) is 19.1 Å². The molecule has 16 heavy (non-hydrogen) atoms. The molecule has 0 bridgehead atoms. The van der Waals surface area contributed by atoms with Crippen molar-refractivity contribution in [2.75, 3.05) is 6.54 Å². The molecule has 0 aromatic heterocycles. The summed E-state index contributed by atoms with van der Waals surface area (Å²) in [6.45, 7) is 2.47. The van der Waals surface area contributed by atoms with E-state index in [9.17, 15) is 4.39 Å². The third-order valence-electron chi connectivity index (χ3n) is 3.77. The van der Waals surface area contributed by atoms with Crippen molar-refractivity contribution in [3.8, 4) is 0 Å². The maximum absolute atomic E-state index is 13.5. The lowest BCUT2D eigenvalue weighted by atomic mass is 9.78. The molecule has 1 aliphatic carbocycles. The van der Waals surface area contributed by atoms with Crippen LogP contribution in [0, 0.1) is 12.7 Å². The summed E-state index contributed by atoms with van der Waals surface area (Å²) in [6, 6.07) is 3.86. The van der Waals surface area contributed by atoms with Crippen molar-refractivity contribution in [3.63, 3.8) is 0 Å². The lowest BCUT2D eigenvalue weighted by Crippen LogP contribution is -2.32. The van der Waals surface area contributed by atoms with E-state index >= 15 is 0 Å². The monoisotopic (exact) mass is 285 g/mol. The molecule has 3 heteroatoms. The topological polar surface area (TPSA) is 26.0 Å². The molecule has 88 valence electrons. The van der Waals surface area contributed by atoms with E-state index in [0.29, 0.717) is 16.6 Å². The minimum absolute atomic E-state index is 0.0843. The fraction of sp³-hybridized carbons (Fsp3) is 0.538. The van der Waals surface area contributed by atoms with Gasteiger partial charge in [-0.1, -0.05) is 18.9 Å². The SMILES string of the molecule is Cc1cc(C2(CN)CCCC2)cc(Br)c1F. The van der Waals surface area contributed by atoms with Crippen molar-refractivity contribution in [1.29, 1.82) is 0 Å². The van der Waals surface area contributed by atoms with Crippen LogP contribution >= 0.6 is 15.9 Å². The number of benzene rings is 1. The molecule has 2 rings (SSSR count). The summed E-state index contributed by atoms with van der Waals surface area (Å²) in [6.07, 6.45) is 4.71. The van der Waals surface area contributed by atoms with Crippen LogP contribution in [0.1, 0.15) is 36.8 Å². The van der Waals surface area contributed by atoms with Gasteiger partial charge in [0, 0.05) is 12.0 Å². The molecule has 0 spiro atoms. The van der Waals surface area contributed by atoms with E-state index in [0.717, 1.165) is 12.8 Å². The van der Waals surface area contributed by atoms with Gasteiger partial charge in [-0.3, -0.25) is 0 Å². The maximum atomic E-state index is 13.5. The van der Waals surface area contributed by atoms with E-state index in [1.54, 1.807) is 0 Å². The minimum atomic E-state index is -0.158. The summed E-state index contributed by atoms with van der Waals surface area (Å²) in [5.41, 5.74) is 7.91. The standard InChI is InChI=1S/C13H17BrFN/c1-9-6-10(7-11(14)12(9)15)13(8-16)4-2-3-5-13/h6-7H,2-5,8,16H2,1H3. The predicted octanol–water partition coefficient (Wildman–Crippen LogP) is 3.67. The molecule has 0 saturated heterocycles. The first kappa shape index (κ1) is 12.1. The molecular formula is C13H17BrFN. The van der Waals surface area contributed by atoms with Crippen LogP contribution in [-0.2, 0) is 5.41 Å². The molecule has 0 amide bonds. The second kappa shape index (κ2) is 4.46. The second-order valence-electron chi connectivity index (χ2n) is 4.78. The van der Waals surface area contributed by atoms with Crippen LogP contribution in [0.2, 0.25) is 0 Å². The highest BCUT2D eigenvalue weighted by atomic mass is 79.9. The van der Waals surface area contributed by atoms with Crippen LogP contribution < -0.4 is 5.73 Å². The number of halogens is 2.